The maximum absolute atomic E-state index is 2.22. The van der Waals surface area contributed by atoms with Gasteiger partial charge in [0.2, 0.25) is 0 Å². The summed E-state index contributed by atoms with van der Waals surface area (Å²) in [7, 11) is 3.73. The van der Waals surface area contributed by atoms with E-state index in [1.54, 1.807) is 0 Å². The fraction of sp³-hybridized carbons (Fsp3) is 0.143. The van der Waals surface area contributed by atoms with Crippen molar-refractivity contribution >= 4 is 21.6 Å². The van der Waals surface area contributed by atoms with Gasteiger partial charge >= 0.3 is 0 Å². The Bertz CT molecular complexity index is 437. The zero-order chi connectivity index (χ0) is 11.2. The molecule has 0 aromatic heterocycles. The van der Waals surface area contributed by atoms with Crippen LogP contribution in [0.5, 0.6) is 0 Å². The van der Waals surface area contributed by atoms with Gasteiger partial charge in [-0.15, -0.1) is 0 Å². The van der Waals surface area contributed by atoms with E-state index in [0.29, 0.717) is 0 Å². The SMILES string of the molecule is Cc1cccc(SSCc2ccccc2)c1. The molecular weight excluding hydrogens is 232 g/mol. The fourth-order valence-electron chi connectivity index (χ4n) is 1.41. The van der Waals surface area contributed by atoms with Crippen molar-refractivity contribution in [3.8, 4) is 0 Å². The topological polar surface area (TPSA) is 0 Å². The highest BCUT2D eigenvalue weighted by atomic mass is 33.1. The molecule has 0 bridgehead atoms. The van der Waals surface area contributed by atoms with Crippen molar-refractivity contribution in [3.05, 3.63) is 65.7 Å². The van der Waals surface area contributed by atoms with Crippen LogP contribution in [0.2, 0.25) is 0 Å². The van der Waals surface area contributed by atoms with Crippen LogP contribution in [0.25, 0.3) is 0 Å². The summed E-state index contributed by atoms with van der Waals surface area (Å²) >= 11 is 0. The molecular formula is C14H14S2. The smallest absolute Gasteiger partial charge is 0.0292 e. The van der Waals surface area contributed by atoms with E-state index in [2.05, 4.69) is 61.5 Å². The molecule has 2 aromatic carbocycles. The second kappa shape index (κ2) is 6.02. The molecule has 2 heteroatoms. The van der Waals surface area contributed by atoms with Crippen LogP contribution in [0.15, 0.2) is 59.5 Å². The molecule has 0 radical (unpaired) electrons. The minimum Gasteiger partial charge on any atom is -0.0841 e. The lowest BCUT2D eigenvalue weighted by atomic mass is 10.2. The second-order valence-electron chi connectivity index (χ2n) is 3.65. The van der Waals surface area contributed by atoms with E-state index in [0.717, 1.165) is 5.75 Å². The third-order valence-electron chi connectivity index (χ3n) is 2.21. The summed E-state index contributed by atoms with van der Waals surface area (Å²) in [4.78, 5) is 1.33. The summed E-state index contributed by atoms with van der Waals surface area (Å²) in [6, 6.07) is 19.2. The predicted octanol–water partition coefficient (Wildman–Crippen LogP) is 4.94. The maximum Gasteiger partial charge on any atom is 0.0292 e. The Morgan fingerprint density at radius 3 is 2.50 bits per heavy atom. The van der Waals surface area contributed by atoms with Gasteiger partial charge in [0.05, 0.1) is 0 Å². The molecule has 0 saturated heterocycles. The van der Waals surface area contributed by atoms with Crippen molar-refractivity contribution in [2.45, 2.75) is 17.6 Å². The molecule has 0 N–H and O–H groups in total. The van der Waals surface area contributed by atoms with Crippen LogP contribution in [0.4, 0.5) is 0 Å². The molecule has 0 saturated carbocycles. The third-order valence-corrected chi connectivity index (χ3v) is 4.51. The third kappa shape index (κ3) is 3.62. The molecule has 2 rings (SSSR count). The van der Waals surface area contributed by atoms with Crippen molar-refractivity contribution in [3.63, 3.8) is 0 Å². The maximum atomic E-state index is 2.22. The van der Waals surface area contributed by atoms with E-state index in [1.165, 1.54) is 16.0 Å². The first kappa shape index (κ1) is 11.6. The highest BCUT2D eigenvalue weighted by Gasteiger charge is 1.96. The van der Waals surface area contributed by atoms with Crippen LogP contribution in [-0.4, -0.2) is 0 Å². The van der Waals surface area contributed by atoms with E-state index >= 15 is 0 Å². The number of benzene rings is 2. The van der Waals surface area contributed by atoms with Crippen molar-refractivity contribution in [1.29, 1.82) is 0 Å². The normalized spacial score (nSPS) is 10.3. The zero-order valence-electron chi connectivity index (χ0n) is 9.22. The van der Waals surface area contributed by atoms with Crippen LogP contribution < -0.4 is 0 Å². The highest BCUT2D eigenvalue weighted by molar-refractivity contribution is 8.76. The molecule has 0 spiro atoms. The zero-order valence-corrected chi connectivity index (χ0v) is 10.9. The Balaban J connectivity index is 1.85. The lowest BCUT2D eigenvalue weighted by molar-refractivity contribution is 1.37. The van der Waals surface area contributed by atoms with Gasteiger partial charge in [0.1, 0.15) is 0 Å². The van der Waals surface area contributed by atoms with Gasteiger partial charge in [0.15, 0.2) is 0 Å². The Kier molecular flexibility index (Phi) is 4.37. The average molecular weight is 246 g/mol. The Hall–Kier alpha value is -0.860. The van der Waals surface area contributed by atoms with Gasteiger partial charge in [-0.1, -0.05) is 64.1 Å². The largest absolute Gasteiger partial charge is 0.0841 e. The van der Waals surface area contributed by atoms with Gasteiger partial charge in [-0.3, -0.25) is 0 Å². The Morgan fingerprint density at radius 1 is 0.938 bits per heavy atom. The molecule has 0 unspecified atom stereocenters. The molecule has 0 aliphatic carbocycles. The molecule has 2 aromatic rings. The average Bonchev–Trinajstić information content (AvgIpc) is 2.30. The number of rotatable bonds is 4. The van der Waals surface area contributed by atoms with Crippen LogP contribution in [0.1, 0.15) is 11.1 Å². The monoisotopic (exact) mass is 246 g/mol. The van der Waals surface area contributed by atoms with Gasteiger partial charge in [0, 0.05) is 10.6 Å². The van der Waals surface area contributed by atoms with E-state index in [9.17, 15) is 0 Å². The van der Waals surface area contributed by atoms with E-state index in [4.69, 9.17) is 0 Å². The molecule has 0 aliphatic rings. The quantitative estimate of drug-likeness (QED) is 0.701. The molecule has 0 heterocycles. The molecule has 16 heavy (non-hydrogen) atoms. The van der Waals surface area contributed by atoms with E-state index in [1.807, 2.05) is 21.6 Å². The van der Waals surface area contributed by atoms with Gasteiger partial charge in [0.25, 0.3) is 0 Å². The van der Waals surface area contributed by atoms with Crippen LogP contribution >= 0.6 is 21.6 Å². The highest BCUT2D eigenvalue weighted by Crippen LogP contribution is 2.33. The molecule has 0 fully saturated rings. The summed E-state index contributed by atoms with van der Waals surface area (Å²) in [6.45, 7) is 2.13. The van der Waals surface area contributed by atoms with Gasteiger partial charge in [-0.05, 0) is 30.2 Å². The first-order chi connectivity index (χ1) is 7.84. The van der Waals surface area contributed by atoms with Crippen LogP contribution in [0.3, 0.4) is 0 Å². The summed E-state index contributed by atoms with van der Waals surface area (Å²) in [5.74, 6) is 1.06. The lowest BCUT2D eigenvalue weighted by Crippen LogP contribution is -1.76. The minimum atomic E-state index is 1.06. The van der Waals surface area contributed by atoms with Gasteiger partial charge in [-0.25, -0.2) is 0 Å². The fourth-order valence-corrected chi connectivity index (χ4v) is 3.60. The van der Waals surface area contributed by atoms with Crippen molar-refractivity contribution < 1.29 is 0 Å². The minimum absolute atomic E-state index is 1.06. The van der Waals surface area contributed by atoms with Crippen LogP contribution in [-0.2, 0) is 5.75 Å². The number of aryl methyl sites for hydroxylation is 1. The molecule has 0 nitrogen and oxygen atoms in total. The van der Waals surface area contributed by atoms with Crippen molar-refractivity contribution in [1.82, 2.24) is 0 Å². The summed E-state index contributed by atoms with van der Waals surface area (Å²) in [5, 5.41) is 0. The molecule has 82 valence electrons. The summed E-state index contributed by atoms with van der Waals surface area (Å²) in [5.41, 5.74) is 2.71. The number of hydrogen-bond donors (Lipinski definition) is 0. The molecule has 0 amide bonds. The summed E-state index contributed by atoms with van der Waals surface area (Å²) in [6.07, 6.45) is 0. The van der Waals surface area contributed by atoms with Crippen LogP contribution in [0, 0.1) is 6.92 Å². The van der Waals surface area contributed by atoms with Crippen molar-refractivity contribution in [2.75, 3.05) is 0 Å². The Labute approximate surface area is 105 Å². The second-order valence-corrected chi connectivity index (χ2v) is 6.02. The Morgan fingerprint density at radius 2 is 1.75 bits per heavy atom. The first-order valence-electron chi connectivity index (χ1n) is 5.25. The standard InChI is InChI=1S/C14H14S2/c1-12-6-5-9-14(10-12)16-15-11-13-7-3-2-4-8-13/h2-10H,11H2,1H3. The van der Waals surface area contributed by atoms with Gasteiger partial charge < -0.3 is 0 Å². The predicted molar refractivity (Wildman–Crippen MR) is 74.8 cm³/mol. The van der Waals surface area contributed by atoms with Crippen molar-refractivity contribution in [2.24, 2.45) is 0 Å². The molecule has 0 aliphatic heterocycles. The van der Waals surface area contributed by atoms with Gasteiger partial charge in [-0.2, -0.15) is 0 Å². The first-order valence-corrected chi connectivity index (χ1v) is 7.56. The van der Waals surface area contributed by atoms with E-state index < -0.39 is 0 Å². The van der Waals surface area contributed by atoms with E-state index in [-0.39, 0.29) is 0 Å². The molecule has 0 atom stereocenters. The number of hydrogen-bond acceptors (Lipinski definition) is 2. The summed E-state index contributed by atoms with van der Waals surface area (Å²) < 4.78 is 0. The lowest BCUT2D eigenvalue weighted by Gasteiger charge is -2.02.